The maximum absolute atomic E-state index is 13.0. The van der Waals surface area contributed by atoms with Crippen LogP contribution >= 0.6 is 0 Å². The molecule has 3 rings (SSSR count). The van der Waals surface area contributed by atoms with Crippen LogP contribution in [0.2, 0.25) is 0 Å². The summed E-state index contributed by atoms with van der Waals surface area (Å²) in [4.78, 5) is 28.3. The van der Waals surface area contributed by atoms with Crippen LogP contribution in [0.25, 0.3) is 0 Å². The average Bonchev–Trinajstić information content (AvgIpc) is 3.33. The summed E-state index contributed by atoms with van der Waals surface area (Å²) in [6, 6.07) is 13.0. The molecule has 0 saturated heterocycles. The van der Waals surface area contributed by atoms with Gasteiger partial charge in [-0.05, 0) is 37.2 Å². The number of carbonyl (C=O) groups excluding carboxylic acids is 2. The van der Waals surface area contributed by atoms with Gasteiger partial charge < -0.3 is 10.2 Å². The van der Waals surface area contributed by atoms with E-state index in [-0.39, 0.29) is 17.9 Å². The minimum Gasteiger partial charge on any atom is -0.342 e. The fraction of sp³-hybridized carbons (Fsp3) is 0.385. The number of amides is 2. The molecule has 0 saturated carbocycles. The molecule has 8 nitrogen and oxygen atoms in total. The highest BCUT2D eigenvalue weighted by Gasteiger charge is 2.30. The number of hydrogen-bond acceptors (Lipinski definition) is 5. The largest absolute Gasteiger partial charge is 0.416 e. The van der Waals surface area contributed by atoms with Gasteiger partial charge in [0.05, 0.1) is 23.5 Å². The Kier molecular flexibility index (Phi) is 9.04. The Hall–Kier alpha value is -3.73. The standard InChI is InChI=1S/C26H31F3N6O2/c1-18(20-10-12-22(13-11-20)26(27,28)29)35-17-23(31-32-35)16-33(3)14-15-34(4)25(37)24(30-19(2)36)21-8-6-5-7-9-21/h5-13,17-18,24H,14-16H2,1-4H3,(H,30,36)/t18-,24?/m0/s1. The van der Waals surface area contributed by atoms with Crippen molar-refractivity contribution >= 4 is 11.8 Å². The summed E-state index contributed by atoms with van der Waals surface area (Å²) in [6.07, 6.45) is -2.62. The molecule has 0 radical (unpaired) electrons. The minimum atomic E-state index is -4.38. The third kappa shape index (κ3) is 7.63. The number of carbonyl (C=O) groups is 2. The molecule has 0 aliphatic heterocycles. The van der Waals surface area contributed by atoms with E-state index in [0.717, 1.165) is 12.1 Å². The van der Waals surface area contributed by atoms with Gasteiger partial charge in [-0.1, -0.05) is 47.7 Å². The second-order valence-electron chi connectivity index (χ2n) is 9.03. The molecule has 0 spiro atoms. The van der Waals surface area contributed by atoms with Crippen molar-refractivity contribution in [2.24, 2.45) is 0 Å². The first-order chi connectivity index (χ1) is 17.5. The summed E-state index contributed by atoms with van der Waals surface area (Å²) < 4.78 is 40.1. The molecule has 198 valence electrons. The molecule has 2 aromatic carbocycles. The van der Waals surface area contributed by atoms with E-state index in [1.165, 1.54) is 19.1 Å². The maximum Gasteiger partial charge on any atom is 0.416 e. The van der Waals surface area contributed by atoms with Crippen LogP contribution in [0, 0.1) is 0 Å². The number of hydrogen-bond donors (Lipinski definition) is 1. The molecule has 2 atom stereocenters. The van der Waals surface area contributed by atoms with Gasteiger partial charge in [0, 0.05) is 33.6 Å². The van der Waals surface area contributed by atoms with Gasteiger partial charge in [0.1, 0.15) is 6.04 Å². The Morgan fingerprint density at radius 1 is 1.00 bits per heavy atom. The Balaban J connectivity index is 1.55. The van der Waals surface area contributed by atoms with Gasteiger partial charge in [-0.15, -0.1) is 5.10 Å². The van der Waals surface area contributed by atoms with Gasteiger partial charge in [0.15, 0.2) is 0 Å². The molecular formula is C26H31F3N6O2. The molecule has 3 aromatic rings. The number of halogens is 3. The average molecular weight is 517 g/mol. The van der Waals surface area contributed by atoms with Crippen LogP contribution in [0.1, 0.15) is 48.3 Å². The lowest BCUT2D eigenvalue weighted by molar-refractivity contribution is -0.137. The fourth-order valence-corrected chi connectivity index (χ4v) is 3.82. The van der Waals surface area contributed by atoms with E-state index in [4.69, 9.17) is 0 Å². The fourth-order valence-electron chi connectivity index (χ4n) is 3.82. The highest BCUT2D eigenvalue weighted by molar-refractivity contribution is 5.87. The quantitative estimate of drug-likeness (QED) is 0.445. The molecule has 0 aliphatic rings. The van der Waals surface area contributed by atoms with Crippen molar-refractivity contribution in [3.8, 4) is 0 Å². The van der Waals surface area contributed by atoms with Gasteiger partial charge in [0.25, 0.3) is 0 Å². The summed E-state index contributed by atoms with van der Waals surface area (Å²) in [6.45, 7) is 4.65. The SMILES string of the molecule is CC(=O)NC(C(=O)N(C)CCN(C)Cc1cn([C@@H](C)c2ccc(C(F)(F)F)cc2)nn1)c1ccccc1. The van der Waals surface area contributed by atoms with Crippen molar-refractivity contribution in [3.63, 3.8) is 0 Å². The van der Waals surface area contributed by atoms with E-state index in [0.29, 0.717) is 36.5 Å². The summed E-state index contributed by atoms with van der Waals surface area (Å²) in [5, 5.41) is 11.0. The number of aromatic nitrogens is 3. The zero-order valence-electron chi connectivity index (χ0n) is 21.2. The molecular weight excluding hydrogens is 485 g/mol. The Labute approximate surface area is 214 Å². The number of nitrogens with one attached hydrogen (secondary N) is 1. The van der Waals surface area contributed by atoms with Crippen LogP contribution in [-0.4, -0.2) is 63.8 Å². The van der Waals surface area contributed by atoms with E-state index < -0.39 is 17.8 Å². The van der Waals surface area contributed by atoms with Crippen LogP contribution in [0.15, 0.2) is 60.8 Å². The highest BCUT2D eigenvalue weighted by atomic mass is 19.4. The Morgan fingerprint density at radius 3 is 2.24 bits per heavy atom. The highest BCUT2D eigenvalue weighted by Crippen LogP contribution is 2.30. The topological polar surface area (TPSA) is 83.4 Å². The van der Waals surface area contributed by atoms with E-state index in [1.54, 1.807) is 35.0 Å². The molecule has 2 amide bonds. The first-order valence-electron chi connectivity index (χ1n) is 11.8. The molecule has 11 heteroatoms. The summed E-state index contributed by atoms with van der Waals surface area (Å²) in [5.41, 5.74) is 1.39. The molecule has 1 aromatic heterocycles. The number of likely N-dealkylation sites (N-methyl/N-ethyl adjacent to an activating group) is 2. The molecule has 37 heavy (non-hydrogen) atoms. The van der Waals surface area contributed by atoms with Gasteiger partial charge in [0.2, 0.25) is 11.8 Å². The van der Waals surface area contributed by atoms with Crippen molar-refractivity contribution in [2.45, 2.75) is 38.7 Å². The van der Waals surface area contributed by atoms with Gasteiger partial charge in [-0.25, -0.2) is 4.68 Å². The molecule has 0 aliphatic carbocycles. The smallest absolute Gasteiger partial charge is 0.342 e. The molecule has 1 unspecified atom stereocenters. The summed E-state index contributed by atoms with van der Waals surface area (Å²) >= 11 is 0. The number of rotatable bonds is 10. The van der Waals surface area contributed by atoms with Crippen molar-refractivity contribution in [1.82, 2.24) is 30.1 Å². The van der Waals surface area contributed by atoms with E-state index in [9.17, 15) is 22.8 Å². The normalized spacial score (nSPS) is 13.3. The second kappa shape index (κ2) is 12.0. The molecule has 0 fully saturated rings. The van der Waals surface area contributed by atoms with Gasteiger partial charge in [-0.2, -0.15) is 13.2 Å². The minimum absolute atomic E-state index is 0.217. The lowest BCUT2D eigenvalue weighted by Crippen LogP contribution is -2.43. The van der Waals surface area contributed by atoms with Crippen molar-refractivity contribution in [1.29, 1.82) is 0 Å². The number of nitrogens with zero attached hydrogens (tertiary/aromatic N) is 5. The number of alkyl halides is 3. The lowest BCUT2D eigenvalue weighted by Gasteiger charge is -2.26. The van der Waals surface area contributed by atoms with Gasteiger partial charge >= 0.3 is 6.18 Å². The Bertz CT molecular complexity index is 1180. The second-order valence-corrected chi connectivity index (χ2v) is 9.03. The first-order valence-corrected chi connectivity index (χ1v) is 11.8. The van der Waals surface area contributed by atoms with Crippen molar-refractivity contribution < 1.29 is 22.8 Å². The first kappa shape index (κ1) is 27.9. The predicted octanol–water partition coefficient (Wildman–Crippen LogP) is 3.67. The van der Waals surface area contributed by atoms with Crippen molar-refractivity contribution in [3.05, 3.63) is 83.2 Å². The zero-order valence-corrected chi connectivity index (χ0v) is 21.2. The van der Waals surface area contributed by atoms with Crippen LogP contribution in [0.3, 0.4) is 0 Å². The predicted molar refractivity (Wildman–Crippen MR) is 132 cm³/mol. The summed E-state index contributed by atoms with van der Waals surface area (Å²) in [7, 11) is 3.58. The monoisotopic (exact) mass is 516 g/mol. The molecule has 0 bridgehead atoms. The lowest BCUT2D eigenvalue weighted by atomic mass is 10.1. The van der Waals surface area contributed by atoms with Crippen LogP contribution in [0.5, 0.6) is 0 Å². The third-order valence-corrected chi connectivity index (χ3v) is 6.03. The zero-order chi connectivity index (χ0) is 27.2. The van der Waals surface area contributed by atoms with Gasteiger partial charge in [-0.3, -0.25) is 14.5 Å². The van der Waals surface area contributed by atoms with Crippen LogP contribution in [-0.2, 0) is 22.3 Å². The van der Waals surface area contributed by atoms with E-state index in [1.807, 2.05) is 37.1 Å². The summed E-state index contributed by atoms with van der Waals surface area (Å²) in [5.74, 6) is -0.507. The van der Waals surface area contributed by atoms with Crippen LogP contribution in [0.4, 0.5) is 13.2 Å². The number of benzene rings is 2. The third-order valence-electron chi connectivity index (χ3n) is 6.03. The Morgan fingerprint density at radius 2 is 1.65 bits per heavy atom. The maximum atomic E-state index is 13.0. The van der Waals surface area contributed by atoms with Crippen LogP contribution < -0.4 is 5.32 Å². The molecule has 1 heterocycles. The molecule has 1 N–H and O–H groups in total. The van der Waals surface area contributed by atoms with E-state index >= 15 is 0 Å². The van der Waals surface area contributed by atoms with Crippen molar-refractivity contribution in [2.75, 3.05) is 27.2 Å². The van der Waals surface area contributed by atoms with E-state index in [2.05, 4.69) is 15.6 Å².